The van der Waals surface area contributed by atoms with Crippen molar-refractivity contribution < 1.29 is 9.66 Å². The van der Waals surface area contributed by atoms with Crippen molar-refractivity contribution >= 4 is 5.69 Å². The first-order valence-corrected chi connectivity index (χ1v) is 6.65. The molecule has 0 amide bonds. The van der Waals surface area contributed by atoms with Gasteiger partial charge in [-0.05, 0) is 11.6 Å². The molecule has 6 nitrogen and oxygen atoms in total. The van der Waals surface area contributed by atoms with Crippen molar-refractivity contribution in [3.05, 3.63) is 69.8 Å². The number of nitro groups is 1. The number of rotatable bonds is 6. The number of nitriles is 1. The van der Waals surface area contributed by atoms with Gasteiger partial charge in [0.25, 0.3) is 5.69 Å². The van der Waals surface area contributed by atoms with Crippen LogP contribution in [0.1, 0.15) is 17.2 Å². The van der Waals surface area contributed by atoms with Gasteiger partial charge in [-0.15, -0.1) is 0 Å². The number of benzene rings is 2. The molecule has 0 heterocycles. The minimum absolute atomic E-state index is 0.0307. The van der Waals surface area contributed by atoms with Crippen LogP contribution in [0.3, 0.4) is 0 Å². The predicted molar refractivity (Wildman–Crippen MR) is 81.3 cm³/mol. The summed E-state index contributed by atoms with van der Waals surface area (Å²) in [6, 6.07) is 15.0. The zero-order chi connectivity index (χ0) is 15.9. The summed E-state index contributed by atoms with van der Waals surface area (Å²) in [5.41, 5.74) is 1.44. The van der Waals surface area contributed by atoms with Gasteiger partial charge >= 0.3 is 0 Å². The lowest BCUT2D eigenvalue weighted by atomic mass is 10.1. The topological polar surface area (TPSA) is 88.2 Å². The Morgan fingerprint density at radius 1 is 1.32 bits per heavy atom. The molecule has 0 aliphatic rings. The van der Waals surface area contributed by atoms with E-state index in [1.807, 2.05) is 24.3 Å². The first-order valence-electron chi connectivity index (χ1n) is 6.65. The SMILES string of the molecule is COc1ccccc1CNC(C#N)c1cccc([N+](=O)[O-])c1. The van der Waals surface area contributed by atoms with Crippen LogP contribution in [0.5, 0.6) is 5.75 Å². The fourth-order valence-electron chi connectivity index (χ4n) is 2.12. The van der Waals surface area contributed by atoms with Crippen molar-refractivity contribution in [2.24, 2.45) is 0 Å². The Balaban J connectivity index is 2.15. The van der Waals surface area contributed by atoms with E-state index in [-0.39, 0.29) is 5.69 Å². The van der Waals surface area contributed by atoms with Crippen LogP contribution in [0.4, 0.5) is 5.69 Å². The minimum atomic E-state index is -0.634. The van der Waals surface area contributed by atoms with E-state index in [2.05, 4.69) is 11.4 Å². The largest absolute Gasteiger partial charge is 0.496 e. The Bertz CT molecular complexity index is 710. The third kappa shape index (κ3) is 3.59. The third-order valence-corrected chi connectivity index (χ3v) is 3.23. The zero-order valence-corrected chi connectivity index (χ0v) is 12.0. The highest BCUT2D eigenvalue weighted by Crippen LogP contribution is 2.21. The number of hydrogen-bond donors (Lipinski definition) is 1. The van der Waals surface area contributed by atoms with Gasteiger partial charge in [0.1, 0.15) is 11.8 Å². The molecule has 0 spiro atoms. The van der Waals surface area contributed by atoms with Gasteiger partial charge in [0.2, 0.25) is 0 Å². The van der Waals surface area contributed by atoms with Gasteiger partial charge in [-0.2, -0.15) is 5.26 Å². The molecule has 2 rings (SSSR count). The van der Waals surface area contributed by atoms with E-state index in [0.717, 1.165) is 11.3 Å². The predicted octanol–water partition coefficient (Wildman–Crippen LogP) is 2.96. The summed E-state index contributed by atoms with van der Waals surface area (Å²) in [5.74, 6) is 0.728. The molecule has 1 N–H and O–H groups in total. The number of nitrogens with zero attached hydrogens (tertiary/aromatic N) is 2. The van der Waals surface area contributed by atoms with Gasteiger partial charge in [0, 0.05) is 24.2 Å². The molecule has 0 fully saturated rings. The Hall–Kier alpha value is -2.91. The van der Waals surface area contributed by atoms with E-state index in [1.165, 1.54) is 12.1 Å². The standard InChI is InChI=1S/C16H15N3O3/c1-22-16-8-3-2-5-13(16)11-18-15(10-17)12-6-4-7-14(9-12)19(20)21/h2-9,15,18H,11H2,1H3. The molecule has 1 atom stereocenters. The average Bonchev–Trinajstić information content (AvgIpc) is 2.56. The number of hydrogen-bond acceptors (Lipinski definition) is 5. The molecule has 0 saturated heterocycles. The van der Waals surface area contributed by atoms with Crippen LogP contribution in [0, 0.1) is 21.4 Å². The summed E-state index contributed by atoms with van der Waals surface area (Å²) >= 11 is 0. The molecule has 0 aliphatic carbocycles. The fraction of sp³-hybridized carbons (Fsp3) is 0.188. The van der Waals surface area contributed by atoms with Gasteiger partial charge in [-0.3, -0.25) is 15.4 Å². The number of ether oxygens (including phenoxy) is 1. The molecule has 0 saturated carbocycles. The van der Waals surface area contributed by atoms with E-state index >= 15 is 0 Å². The van der Waals surface area contributed by atoms with Gasteiger partial charge in [-0.25, -0.2) is 0 Å². The summed E-state index contributed by atoms with van der Waals surface area (Å²) in [4.78, 5) is 10.3. The van der Waals surface area contributed by atoms with Crippen LogP contribution in [-0.4, -0.2) is 12.0 Å². The summed E-state index contributed by atoms with van der Waals surface area (Å²) in [7, 11) is 1.58. The first-order chi connectivity index (χ1) is 10.7. The van der Waals surface area contributed by atoms with Gasteiger partial charge in [0.15, 0.2) is 0 Å². The zero-order valence-electron chi connectivity index (χ0n) is 12.0. The Morgan fingerprint density at radius 3 is 2.77 bits per heavy atom. The lowest BCUT2D eigenvalue weighted by Crippen LogP contribution is -2.19. The number of methoxy groups -OCH3 is 1. The van der Waals surface area contributed by atoms with E-state index in [4.69, 9.17) is 4.74 Å². The second-order valence-corrected chi connectivity index (χ2v) is 4.61. The molecule has 1 unspecified atom stereocenters. The molecular weight excluding hydrogens is 282 g/mol. The fourth-order valence-corrected chi connectivity index (χ4v) is 2.12. The number of nitrogens with one attached hydrogen (secondary N) is 1. The van der Waals surface area contributed by atoms with E-state index < -0.39 is 11.0 Å². The van der Waals surface area contributed by atoms with Crippen molar-refractivity contribution in [3.63, 3.8) is 0 Å². The van der Waals surface area contributed by atoms with Crippen molar-refractivity contribution in [2.45, 2.75) is 12.6 Å². The Kier molecular flexibility index (Phi) is 5.07. The molecule has 112 valence electrons. The summed E-state index contributed by atoms with van der Waals surface area (Å²) in [6.45, 7) is 0.422. The maximum Gasteiger partial charge on any atom is 0.269 e. The molecule has 2 aromatic carbocycles. The molecule has 6 heteroatoms. The van der Waals surface area contributed by atoms with Crippen LogP contribution in [-0.2, 0) is 6.54 Å². The normalized spacial score (nSPS) is 11.5. The van der Waals surface area contributed by atoms with E-state index in [9.17, 15) is 15.4 Å². The molecule has 0 radical (unpaired) electrons. The smallest absolute Gasteiger partial charge is 0.269 e. The molecule has 22 heavy (non-hydrogen) atoms. The van der Waals surface area contributed by atoms with Gasteiger partial charge < -0.3 is 4.74 Å². The van der Waals surface area contributed by atoms with Crippen LogP contribution in [0.25, 0.3) is 0 Å². The van der Waals surface area contributed by atoms with Crippen LogP contribution < -0.4 is 10.1 Å². The lowest BCUT2D eigenvalue weighted by Gasteiger charge is -2.13. The highest BCUT2D eigenvalue weighted by atomic mass is 16.6. The second-order valence-electron chi connectivity index (χ2n) is 4.61. The number of nitro benzene ring substituents is 1. The third-order valence-electron chi connectivity index (χ3n) is 3.23. The summed E-state index contributed by atoms with van der Waals surface area (Å²) in [6.07, 6.45) is 0. The monoisotopic (exact) mass is 297 g/mol. The molecule has 0 aliphatic heterocycles. The average molecular weight is 297 g/mol. The molecule has 0 aromatic heterocycles. The van der Waals surface area contributed by atoms with Gasteiger partial charge in [-0.1, -0.05) is 30.3 Å². The van der Waals surface area contributed by atoms with Crippen LogP contribution >= 0.6 is 0 Å². The molecule has 2 aromatic rings. The Morgan fingerprint density at radius 2 is 2.09 bits per heavy atom. The number of non-ortho nitro benzene ring substituents is 1. The highest BCUT2D eigenvalue weighted by molar-refractivity contribution is 5.38. The van der Waals surface area contributed by atoms with Crippen molar-refractivity contribution in [2.75, 3.05) is 7.11 Å². The quantitative estimate of drug-likeness (QED) is 0.654. The van der Waals surface area contributed by atoms with Crippen molar-refractivity contribution in [3.8, 4) is 11.8 Å². The number of para-hydroxylation sites is 1. The maximum absolute atomic E-state index is 10.8. The lowest BCUT2D eigenvalue weighted by molar-refractivity contribution is -0.384. The first kappa shape index (κ1) is 15.5. The van der Waals surface area contributed by atoms with Gasteiger partial charge in [0.05, 0.1) is 18.1 Å². The second kappa shape index (κ2) is 7.20. The summed E-state index contributed by atoms with van der Waals surface area (Å²) < 4.78 is 5.26. The highest BCUT2D eigenvalue weighted by Gasteiger charge is 2.14. The van der Waals surface area contributed by atoms with Crippen molar-refractivity contribution in [1.82, 2.24) is 5.32 Å². The van der Waals surface area contributed by atoms with Crippen molar-refractivity contribution in [1.29, 1.82) is 5.26 Å². The molecule has 0 bridgehead atoms. The van der Waals surface area contributed by atoms with E-state index in [1.54, 1.807) is 19.2 Å². The minimum Gasteiger partial charge on any atom is -0.496 e. The summed E-state index contributed by atoms with van der Waals surface area (Å²) in [5, 5.41) is 23.2. The Labute approximate surface area is 128 Å². The molecular formula is C16H15N3O3. The van der Waals surface area contributed by atoms with Crippen LogP contribution in [0.2, 0.25) is 0 Å². The maximum atomic E-state index is 10.8. The van der Waals surface area contributed by atoms with E-state index in [0.29, 0.717) is 12.1 Å². The van der Waals surface area contributed by atoms with Crippen LogP contribution in [0.15, 0.2) is 48.5 Å².